The molecule has 0 aromatic heterocycles. The van der Waals surface area contributed by atoms with E-state index in [1.807, 2.05) is 25.1 Å². The van der Waals surface area contributed by atoms with Crippen molar-refractivity contribution < 1.29 is 4.79 Å². The fourth-order valence-corrected chi connectivity index (χ4v) is 3.03. The molecule has 3 nitrogen and oxygen atoms in total. The second kappa shape index (κ2) is 7.43. The number of hydrogen-bond acceptors (Lipinski definition) is 2. The molecule has 0 bridgehead atoms. The van der Waals surface area contributed by atoms with Crippen molar-refractivity contribution in [2.75, 3.05) is 6.54 Å². The number of carbonyl (C=O) groups excluding carboxylic acids is 1. The first-order valence-electron chi connectivity index (χ1n) is 6.79. The van der Waals surface area contributed by atoms with Crippen molar-refractivity contribution in [1.82, 2.24) is 10.6 Å². The maximum atomic E-state index is 12.4. The van der Waals surface area contributed by atoms with E-state index in [0.717, 1.165) is 28.6 Å². The van der Waals surface area contributed by atoms with Crippen LogP contribution in [0.3, 0.4) is 0 Å². The Morgan fingerprint density at radius 3 is 2.75 bits per heavy atom. The van der Waals surface area contributed by atoms with Crippen molar-refractivity contribution in [2.24, 2.45) is 5.92 Å². The van der Waals surface area contributed by atoms with Gasteiger partial charge in [0.1, 0.15) is 0 Å². The topological polar surface area (TPSA) is 41.1 Å². The Hall–Kier alpha value is -0.580. The van der Waals surface area contributed by atoms with Crippen molar-refractivity contribution >= 4 is 34.2 Å². The van der Waals surface area contributed by atoms with E-state index in [1.165, 1.54) is 0 Å². The van der Waals surface area contributed by atoms with Gasteiger partial charge in [0.05, 0.1) is 0 Å². The van der Waals surface area contributed by atoms with Gasteiger partial charge in [-0.25, -0.2) is 0 Å². The SMILES string of the molecule is Cc1ccc(Br)cc1C(=O)NC1C(C)CCNC1C.Cl. The molecule has 0 radical (unpaired) electrons. The molecule has 1 saturated heterocycles. The molecule has 1 aromatic rings. The lowest BCUT2D eigenvalue weighted by atomic mass is 9.89. The molecule has 20 heavy (non-hydrogen) atoms. The van der Waals surface area contributed by atoms with Gasteiger partial charge in [0.25, 0.3) is 5.91 Å². The van der Waals surface area contributed by atoms with Crippen LogP contribution in [0.4, 0.5) is 0 Å². The minimum Gasteiger partial charge on any atom is -0.347 e. The first-order chi connectivity index (χ1) is 8.99. The van der Waals surface area contributed by atoms with Gasteiger partial charge in [0.2, 0.25) is 0 Å². The van der Waals surface area contributed by atoms with E-state index in [9.17, 15) is 4.79 Å². The first kappa shape index (κ1) is 17.5. The summed E-state index contributed by atoms with van der Waals surface area (Å²) in [5.74, 6) is 0.527. The Morgan fingerprint density at radius 1 is 1.40 bits per heavy atom. The fraction of sp³-hybridized carbons (Fsp3) is 0.533. The van der Waals surface area contributed by atoms with E-state index in [0.29, 0.717) is 12.0 Å². The van der Waals surface area contributed by atoms with Crippen LogP contribution >= 0.6 is 28.3 Å². The second-order valence-corrected chi connectivity index (χ2v) is 6.38. The normalized spacial score (nSPS) is 25.7. The Kier molecular flexibility index (Phi) is 6.49. The maximum absolute atomic E-state index is 12.4. The van der Waals surface area contributed by atoms with Crippen molar-refractivity contribution in [3.63, 3.8) is 0 Å². The summed E-state index contributed by atoms with van der Waals surface area (Å²) >= 11 is 3.42. The summed E-state index contributed by atoms with van der Waals surface area (Å²) in [5, 5.41) is 6.60. The third kappa shape index (κ3) is 3.96. The molecule has 3 atom stereocenters. The van der Waals surface area contributed by atoms with Crippen LogP contribution < -0.4 is 10.6 Å². The minimum absolute atomic E-state index is 0. The van der Waals surface area contributed by atoms with Gasteiger partial charge in [-0.1, -0.05) is 28.9 Å². The average molecular weight is 362 g/mol. The van der Waals surface area contributed by atoms with E-state index >= 15 is 0 Å². The Bertz CT molecular complexity index is 471. The molecular weight excluding hydrogens is 340 g/mol. The number of halogens is 2. The molecular formula is C15H22BrClN2O. The average Bonchev–Trinajstić information content (AvgIpc) is 2.37. The van der Waals surface area contributed by atoms with Gasteiger partial charge >= 0.3 is 0 Å². The quantitative estimate of drug-likeness (QED) is 0.848. The molecule has 2 N–H and O–H groups in total. The highest BCUT2D eigenvalue weighted by molar-refractivity contribution is 9.10. The number of amides is 1. The summed E-state index contributed by atoms with van der Waals surface area (Å²) in [6.07, 6.45) is 1.10. The van der Waals surface area contributed by atoms with Crippen molar-refractivity contribution in [3.05, 3.63) is 33.8 Å². The third-order valence-corrected chi connectivity index (χ3v) is 4.45. The van der Waals surface area contributed by atoms with Gasteiger partial charge in [0, 0.05) is 22.1 Å². The molecule has 0 spiro atoms. The number of nitrogens with one attached hydrogen (secondary N) is 2. The summed E-state index contributed by atoms with van der Waals surface area (Å²) in [5.41, 5.74) is 1.75. The van der Waals surface area contributed by atoms with Gasteiger partial charge in [-0.2, -0.15) is 0 Å². The first-order valence-corrected chi connectivity index (χ1v) is 7.58. The van der Waals surface area contributed by atoms with Crippen molar-refractivity contribution in [1.29, 1.82) is 0 Å². The van der Waals surface area contributed by atoms with Gasteiger partial charge in [-0.15, -0.1) is 12.4 Å². The van der Waals surface area contributed by atoms with E-state index < -0.39 is 0 Å². The standard InChI is InChI=1S/C15H21BrN2O.ClH/c1-9-4-5-12(16)8-13(9)15(19)18-14-10(2)6-7-17-11(14)3;/h4-5,8,10-11,14,17H,6-7H2,1-3H3,(H,18,19);1H. The van der Waals surface area contributed by atoms with Gasteiger partial charge < -0.3 is 10.6 Å². The van der Waals surface area contributed by atoms with Crippen LogP contribution in [0.2, 0.25) is 0 Å². The zero-order valence-electron chi connectivity index (χ0n) is 12.1. The van der Waals surface area contributed by atoms with Gasteiger partial charge in [-0.05, 0) is 50.4 Å². The molecule has 2 rings (SSSR count). The van der Waals surface area contributed by atoms with Gasteiger partial charge in [-0.3, -0.25) is 4.79 Å². The highest BCUT2D eigenvalue weighted by atomic mass is 79.9. The Balaban J connectivity index is 0.00000200. The molecule has 1 aromatic carbocycles. The van der Waals surface area contributed by atoms with Crippen molar-refractivity contribution in [2.45, 2.75) is 39.3 Å². The van der Waals surface area contributed by atoms with Crippen molar-refractivity contribution in [3.8, 4) is 0 Å². The lowest BCUT2D eigenvalue weighted by molar-refractivity contribution is 0.0897. The largest absolute Gasteiger partial charge is 0.347 e. The van der Waals surface area contributed by atoms with Crippen LogP contribution in [0.5, 0.6) is 0 Å². The van der Waals surface area contributed by atoms with Crippen LogP contribution in [0.25, 0.3) is 0 Å². The van der Waals surface area contributed by atoms with Crippen LogP contribution in [0.1, 0.15) is 36.2 Å². The van der Waals surface area contributed by atoms with E-state index in [2.05, 4.69) is 40.4 Å². The molecule has 1 fully saturated rings. The summed E-state index contributed by atoms with van der Waals surface area (Å²) in [6, 6.07) is 6.32. The zero-order chi connectivity index (χ0) is 14.0. The summed E-state index contributed by atoms with van der Waals surface area (Å²) in [6.45, 7) is 7.34. The number of carbonyl (C=O) groups is 1. The highest BCUT2D eigenvalue weighted by Crippen LogP contribution is 2.19. The Morgan fingerprint density at radius 2 is 2.10 bits per heavy atom. The summed E-state index contributed by atoms with van der Waals surface area (Å²) in [4.78, 5) is 12.4. The van der Waals surface area contributed by atoms with E-state index in [-0.39, 0.29) is 24.4 Å². The van der Waals surface area contributed by atoms with Crippen LogP contribution in [-0.2, 0) is 0 Å². The molecule has 5 heteroatoms. The lowest BCUT2D eigenvalue weighted by Crippen LogP contribution is -2.56. The molecule has 1 aliphatic heterocycles. The predicted octanol–water partition coefficient (Wildman–Crippen LogP) is 3.30. The molecule has 0 aliphatic carbocycles. The second-order valence-electron chi connectivity index (χ2n) is 5.47. The lowest BCUT2D eigenvalue weighted by Gasteiger charge is -2.36. The van der Waals surface area contributed by atoms with Crippen LogP contribution in [0.15, 0.2) is 22.7 Å². The van der Waals surface area contributed by atoms with E-state index in [1.54, 1.807) is 0 Å². The number of piperidine rings is 1. The molecule has 112 valence electrons. The highest BCUT2D eigenvalue weighted by Gasteiger charge is 2.29. The van der Waals surface area contributed by atoms with Crippen LogP contribution in [0, 0.1) is 12.8 Å². The van der Waals surface area contributed by atoms with Gasteiger partial charge in [0.15, 0.2) is 0 Å². The molecule has 1 heterocycles. The third-order valence-electron chi connectivity index (χ3n) is 3.96. The molecule has 3 unspecified atom stereocenters. The number of aryl methyl sites for hydroxylation is 1. The van der Waals surface area contributed by atoms with Crippen LogP contribution in [-0.4, -0.2) is 24.5 Å². The maximum Gasteiger partial charge on any atom is 0.251 e. The number of rotatable bonds is 2. The van der Waals surface area contributed by atoms with E-state index in [4.69, 9.17) is 0 Å². The number of hydrogen-bond donors (Lipinski definition) is 2. The molecule has 0 saturated carbocycles. The monoisotopic (exact) mass is 360 g/mol. The predicted molar refractivity (Wildman–Crippen MR) is 88.6 cm³/mol. The summed E-state index contributed by atoms with van der Waals surface area (Å²) < 4.78 is 0.936. The molecule has 1 amide bonds. The molecule has 1 aliphatic rings. The fourth-order valence-electron chi connectivity index (χ4n) is 2.67. The zero-order valence-corrected chi connectivity index (χ0v) is 14.5. The smallest absolute Gasteiger partial charge is 0.251 e. The minimum atomic E-state index is 0. The number of benzene rings is 1. The summed E-state index contributed by atoms with van der Waals surface area (Å²) in [7, 11) is 0. The Labute approximate surface area is 135 Å².